The molecule has 0 aliphatic carbocycles. The number of carbonyl (C=O) groups excluding carboxylic acids is 1. The van der Waals surface area contributed by atoms with Gasteiger partial charge in [-0.25, -0.2) is 0 Å². The molecule has 0 bridgehead atoms. The molecule has 1 N–H and O–H groups in total. The van der Waals surface area contributed by atoms with Crippen molar-refractivity contribution in [2.45, 2.75) is 17.8 Å². The molecule has 1 rings (SSSR count). The first-order valence-corrected chi connectivity index (χ1v) is 6.60. The fourth-order valence-corrected chi connectivity index (χ4v) is 2.00. The molecule has 5 heteroatoms. The maximum absolute atomic E-state index is 11.3. The van der Waals surface area contributed by atoms with Gasteiger partial charge in [-0.3, -0.25) is 4.79 Å². The average Bonchev–Trinajstić information content (AvgIpc) is 2.43. The highest BCUT2D eigenvalue weighted by Gasteiger charge is 2.17. The van der Waals surface area contributed by atoms with E-state index in [0.29, 0.717) is 6.54 Å². The Morgan fingerprint density at radius 3 is 2.67 bits per heavy atom. The lowest BCUT2D eigenvalue weighted by molar-refractivity contribution is -0.139. The average molecular weight is 316 g/mol. The lowest BCUT2D eigenvalue weighted by Gasteiger charge is -2.18. The number of hydrogen-bond donors (Lipinski definition) is 1. The van der Waals surface area contributed by atoms with Gasteiger partial charge < -0.3 is 14.8 Å². The van der Waals surface area contributed by atoms with Crippen LogP contribution in [0.5, 0.6) is 5.75 Å². The summed E-state index contributed by atoms with van der Waals surface area (Å²) < 4.78 is 9.94. The van der Waals surface area contributed by atoms with E-state index in [1.165, 1.54) is 7.11 Å². The minimum Gasteiger partial charge on any atom is -0.496 e. The van der Waals surface area contributed by atoms with Crippen molar-refractivity contribution in [3.8, 4) is 5.75 Å². The molecule has 0 amide bonds. The molecule has 0 aliphatic heterocycles. The molecule has 0 spiro atoms. The minimum absolute atomic E-state index is 0.0888. The fourth-order valence-electron chi connectivity index (χ4n) is 1.63. The molecule has 0 radical (unpaired) electrons. The number of ether oxygens (including phenoxy) is 2. The van der Waals surface area contributed by atoms with Crippen LogP contribution < -0.4 is 10.1 Å². The first kappa shape index (κ1) is 15.0. The Bertz CT molecular complexity index is 398. The normalized spacial score (nSPS) is 13.8. The van der Waals surface area contributed by atoms with Crippen molar-refractivity contribution < 1.29 is 14.3 Å². The number of hydrogen-bond acceptors (Lipinski definition) is 4. The van der Waals surface area contributed by atoms with E-state index in [4.69, 9.17) is 4.74 Å². The highest BCUT2D eigenvalue weighted by atomic mass is 79.9. The third kappa shape index (κ3) is 3.99. The Labute approximate surface area is 116 Å². The number of esters is 1. The Kier molecular flexibility index (Phi) is 6.15. The van der Waals surface area contributed by atoms with Crippen LogP contribution in [0.15, 0.2) is 24.3 Å². The minimum atomic E-state index is -0.348. The Morgan fingerprint density at radius 2 is 2.06 bits per heavy atom. The summed E-state index contributed by atoms with van der Waals surface area (Å²) in [5, 5.41) is 3.26. The van der Waals surface area contributed by atoms with Crippen molar-refractivity contribution in [1.29, 1.82) is 0 Å². The summed E-state index contributed by atoms with van der Waals surface area (Å²) in [6.45, 7) is 2.51. The van der Waals surface area contributed by atoms with Crippen LogP contribution >= 0.6 is 15.9 Å². The van der Waals surface area contributed by atoms with Gasteiger partial charge in [-0.15, -0.1) is 0 Å². The highest BCUT2D eigenvalue weighted by Crippen LogP contribution is 2.24. The molecule has 0 aliphatic rings. The van der Waals surface area contributed by atoms with Gasteiger partial charge in [0, 0.05) is 18.2 Å². The van der Waals surface area contributed by atoms with E-state index in [1.807, 2.05) is 31.2 Å². The van der Waals surface area contributed by atoms with Crippen molar-refractivity contribution in [3.05, 3.63) is 29.8 Å². The summed E-state index contributed by atoms with van der Waals surface area (Å²) in [5.41, 5.74) is 1.06. The van der Waals surface area contributed by atoms with Crippen LogP contribution in [0.2, 0.25) is 0 Å². The summed E-state index contributed by atoms with van der Waals surface area (Å²) in [6.07, 6.45) is 0. The third-order valence-corrected chi connectivity index (χ3v) is 3.36. The molecule has 0 aromatic heterocycles. The third-order valence-electron chi connectivity index (χ3n) is 2.67. The van der Waals surface area contributed by atoms with Crippen molar-refractivity contribution >= 4 is 21.9 Å². The Hall–Kier alpha value is -1.07. The van der Waals surface area contributed by atoms with Gasteiger partial charge in [0.15, 0.2) is 0 Å². The molecule has 18 heavy (non-hydrogen) atoms. The van der Waals surface area contributed by atoms with E-state index in [2.05, 4.69) is 26.0 Å². The van der Waals surface area contributed by atoms with Gasteiger partial charge in [-0.1, -0.05) is 34.1 Å². The lowest BCUT2D eigenvalue weighted by atomic mass is 10.1. The SMILES string of the molecule is COC(=O)C(Br)CN[C@@H](C)c1ccccc1OC. The number of benzene rings is 1. The van der Waals surface area contributed by atoms with Crippen LogP contribution in [0, 0.1) is 0 Å². The van der Waals surface area contributed by atoms with Crippen molar-refractivity contribution in [1.82, 2.24) is 5.32 Å². The largest absolute Gasteiger partial charge is 0.496 e. The van der Waals surface area contributed by atoms with Gasteiger partial charge >= 0.3 is 5.97 Å². The summed E-state index contributed by atoms with van der Waals surface area (Å²) in [6, 6.07) is 7.89. The van der Waals surface area contributed by atoms with E-state index in [0.717, 1.165) is 11.3 Å². The van der Waals surface area contributed by atoms with Gasteiger partial charge in [0.2, 0.25) is 0 Å². The monoisotopic (exact) mass is 315 g/mol. The molecule has 1 unspecified atom stereocenters. The molecular formula is C13H18BrNO3. The van der Waals surface area contributed by atoms with Crippen LogP contribution in [0.1, 0.15) is 18.5 Å². The molecule has 4 nitrogen and oxygen atoms in total. The quantitative estimate of drug-likeness (QED) is 0.646. The molecule has 0 saturated carbocycles. The van der Waals surface area contributed by atoms with Crippen LogP contribution in [-0.4, -0.2) is 31.6 Å². The van der Waals surface area contributed by atoms with E-state index in [-0.39, 0.29) is 16.8 Å². The standard InChI is InChI=1S/C13H18BrNO3/c1-9(15-8-11(14)13(16)18-3)10-6-4-5-7-12(10)17-2/h4-7,9,11,15H,8H2,1-3H3/t9-,11?/m0/s1. The fraction of sp³-hybridized carbons (Fsp3) is 0.462. The topological polar surface area (TPSA) is 47.6 Å². The molecule has 2 atom stereocenters. The second-order valence-electron chi connectivity index (χ2n) is 3.86. The summed E-state index contributed by atoms with van der Waals surface area (Å²) in [7, 11) is 3.02. The van der Waals surface area contributed by atoms with E-state index >= 15 is 0 Å². The van der Waals surface area contributed by atoms with Gasteiger partial charge in [-0.2, -0.15) is 0 Å². The van der Waals surface area contributed by atoms with Gasteiger partial charge in [0.05, 0.1) is 14.2 Å². The maximum atomic E-state index is 11.3. The number of nitrogens with one attached hydrogen (secondary N) is 1. The van der Waals surface area contributed by atoms with Crippen LogP contribution in [0.25, 0.3) is 0 Å². The molecule has 100 valence electrons. The van der Waals surface area contributed by atoms with E-state index in [1.54, 1.807) is 7.11 Å². The van der Waals surface area contributed by atoms with Crippen molar-refractivity contribution in [3.63, 3.8) is 0 Å². The summed E-state index contributed by atoms with van der Waals surface area (Å²) in [5.74, 6) is 0.552. The van der Waals surface area contributed by atoms with Crippen molar-refractivity contribution in [2.75, 3.05) is 20.8 Å². The second kappa shape index (κ2) is 7.38. The molecule has 1 aromatic rings. The predicted octanol–water partition coefficient (Wildman–Crippen LogP) is 2.28. The van der Waals surface area contributed by atoms with Gasteiger partial charge in [-0.05, 0) is 13.0 Å². The molecule has 0 saturated heterocycles. The molecule has 0 heterocycles. The summed E-state index contributed by atoms with van der Waals surface area (Å²) in [4.78, 5) is 10.9. The first-order chi connectivity index (χ1) is 8.60. The molecular weight excluding hydrogens is 298 g/mol. The van der Waals surface area contributed by atoms with Crippen LogP contribution in [0.4, 0.5) is 0 Å². The van der Waals surface area contributed by atoms with Crippen LogP contribution in [-0.2, 0) is 9.53 Å². The smallest absolute Gasteiger partial charge is 0.320 e. The zero-order valence-corrected chi connectivity index (χ0v) is 12.4. The number of alkyl halides is 1. The number of halogens is 1. The zero-order valence-electron chi connectivity index (χ0n) is 10.8. The number of methoxy groups -OCH3 is 2. The molecule has 1 aromatic carbocycles. The second-order valence-corrected chi connectivity index (χ2v) is 4.97. The molecule has 0 fully saturated rings. The van der Waals surface area contributed by atoms with Crippen molar-refractivity contribution in [2.24, 2.45) is 0 Å². The number of rotatable bonds is 6. The first-order valence-electron chi connectivity index (χ1n) is 5.68. The Morgan fingerprint density at radius 1 is 1.39 bits per heavy atom. The lowest BCUT2D eigenvalue weighted by Crippen LogP contribution is -2.31. The van der Waals surface area contributed by atoms with Gasteiger partial charge in [0.25, 0.3) is 0 Å². The summed E-state index contributed by atoms with van der Waals surface area (Å²) >= 11 is 3.27. The zero-order chi connectivity index (χ0) is 13.5. The van der Waals surface area contributed by atoms with Crippen LogP contribution in [0.3, 0.4) is 0 Å². The number of para-hydroxylation sites is 1. The highest BCUT2D eigenvalue weighted by molar-refractivity contribution is 9.10. The predicted molar refractivity (Wildman–Crippen MR) is 74.1 cm³/mol. The number of carbonyl (C=O) groups is 1. The van der Waals surface area contributed by atoms with Gasteiger partial charge in [0.1, 0.15) is 10.6 Å². The Balaban J connectivity index is 2.60. The van der Waals surface area contributed by atoms with E-state index < -0.39 is 0 Å². The maximum Gasteiger partial charge on any atom is 0.320 e. The van der Waals surface area contributed by atoms with E-state index in [9.17, 15) is 4.79 Å².